The molecule has 2 rings (SSSR count). The second-order valence-electron chi connectivity index (χ2n) is 3.95. The van der Waals surface area contributed by atoms with E-state index in [0.717, 1.165) is 0 Å². The Morgan fingerprint density at radius 1 is 1.38 bits per heavy atom. The van der Waals surface area contributed by atoms with Crippen LogP contribution in [0.15, 0.2) is 0 Å². The monoisotopic (exact) mass is 204 g/mol. The molecule has 1 saturated heterocycles. The van der Waals surface area contributed by atoms with E-state index in [1.807, 2.05) is 0 Å². The molecule has 1 saturated carbocycles. The summed E-state index contributed by atoms with van der Waals surface area (Å²) in [7, 11) is -2.88. The standard InChI is InChI=1S/C8H16N2O2S/c9-5-8-6-10(7-1-2-7)3-4-13(8,11)12/h7-8H,1-6,9H2. The van der Waals surface area contributed by atoms with Gasteiger partial charge in [0.2, 0.25) is 0 Å². The van der Waals surface area contributed by atoms with Crippen molar-refractivity contribution in [3.05, 3.63) is 0 Å². The molecule has 0 radical (unpaired) electrons. The van der Waals surface area contributed by atoms with Crippen LogP contribution in [-0.2, 0) is 9.84 Å². The number of nitrogens with two attached hydrogens (primary N) is 1. The van der Waals surface area contributed by atoms with Gasteiger partial charge in [0.15, 0.2) is 9.84 Å². The fraction of sp³-hybridized carbons (Fsp3) is 1.00. The van der Waals surface area contributed by atoms with Crippen LogP contribution in [0.1, 0.15) is 12.8 Å². The van der Waals surface area contributed by atoms with Crippen molar-refractivity contribution in [1.29, 1.82) is 0 Å². The predicted octanol–water partition coefficient (Wildman–Crippen LogP) is -0.793. The molecular weight excluding hydrogens is 188 g/mol. The lowest BCUT2D eigenvalue weighted by Crippen LogP contribution is -2.50. The molecule has 2 fully saturated rings. The van der Waals surface area contributed by atoms with Gasteiger partial charge in [0.25, 0.3) is 0 Å². The smallest absolute Gasteiger partial charge is 0.156 e. The van der Waals surface area contributed by atoms with Gasteiger partial charge in [0.1, 0.15) is 0 Å². The van der Waals surface area contributed by atoms with Crippen LogP contribution in [0.25, 0.3) is 0 Å². The summed E-state index contributed by atoms with van der Waals surface area (Å²) < 4.78 is 23.0. The van der Waals surface area contributed by atoms with Gasteiger partial charge in [-0.1, -0.05) is 0 Å². The van der Waals surface area contributed by atoms with E-state index >= 15 is 0 Å². The summed E-state index contributed by atoms with van der Waals surface area (Å²) in [4.78, 5) is 2.28. The normalized spacial score (nSPS) is 34.7. The molecule has 0 bridgehead atoms. The summed E-state index contributed by atoms with van der Waals surface area (Å²) in [6.07, 6.45) is 2.47. The first-order valence-corrected chi connectivity index (χ1v) is 6.51. The number of nitrogens with zero attached hydrogens (tertiary/aromatic N) is 1. The van der Waals surface area contributed by atoms with Gasteiger partial charge in [0, 0.05) is 25.7 Å². The lowest BCUT2D eigenvalue weighted by Gasteiger charge is -2.31. The molecule has 1 aliphatic heterocycles. The maximum atomic E-state index is 11.5. The van der Waals surface area contributed by atoms with E-state index < -0.39 is 9.84 Å². The Labute approximate surface area is 79.0 Å². The molecule has 1 atom stereocenters. The van der Waals surface area contributed by atoms with Crippen LogP contribution in [0.3, 0.4) is 0 Å². The Morgan fingerprint density at radius 3 is 2.62 bits per heavy atom. The molecule has 0 aromatic rings. The number of hydrogen-bond donors (Lipinski definition) is 1. The molecule has 0 amide bonds. The van der Waals surface area contributed by atoms with Crippen molar-refractivity contribution in [2.45, 2.75) is 24.1 Å². The SMILES string of the molecule is NCC1CN(C2CC2)CCS1(=O)=O. The van der Waals surface area contributed by atoms with Crippen molar-refractivity contribution in [1.82, 2.24) is 4.90 Å². The molecule has 1 aliphatic carbocycles. The van der Waals surface area contributed by atoms with Crippen LogP contribution in [0.2, 0.25) is 0 Å². The highest BCUT2D eigenvalue weighted by molar-refractivity contribution is 7.92. The summed E-state index contributed by atoms with van der Waals surface area (Å²) in [6, 6.07) is 0.657. The van der Waals surface area contributed by atoms with E-state index in [-0.39, 0.29) is 11.8 Å². The molecule has 5 heteroatoms. The summed E-state index contributed by atoms with van der Waals surface area (Å²) in [5.41, 5.74) is 5.46. The molecule has 2 N–H and O–H groups in total. The van der Waals surface area contributed by atoms with Crippen LogP contribution in [0, 0.1) is 0 Å². The molecule has 0 aromatic carbocycles. The van der Waals surface area contributed by atoms with Gasteiger partial charge in [-0.25, -0.2) is 8.42 Å². The average Bonchev–Trinajstić information content (AvgIpc) is 2.87. The first-order chi connectivity index (χ1) is 6.13. The largest absolute Gasteiger partial charge is 0.329 e. The third-order valence-electron chi connectivity index (χ3n) is 2.94. The maximum absolute atomic E-state index is 11.5. The minimum atomic E-state index is -2.88. The zero-order chi connectivity index (χ0) is 9.47. The molecule has 4 nitrogen and oxygen atoms in total. The Hall–Kier alpha value is -0.130. The van der Waals surface area contributed by atoms with Gasteiger partial charge >= 0.3 is 0 Å². The number of sulfone groups is 1. The Balaban J connectivity index is 2.04. The van der Waals surface area contributed by atoms with Gasteiger partial charge in [-0.15, -0.1) is 0 Å². The van der Waals surface area contributed by atoms with Crippen molar-refractivity contribution in [2.24, 2.45) is 5.73 Å². The number of rotatable bonds is 2. The van der Waals surface area contributed by atoms with Gasteiger partial charge < -0.3 is 5.73 Å². The van der Waals surface area contributed by atoms with E-state index in [4.69, 9.17) is 5.73 Å². The molecule has 13 heavy (non-hydrogen) atoms. The van der Waals surface area contributed by atoms with Gasteiger partial charge in [-0.3, -0.25) is 4.90 Å². The quantitative estimate of drug-likeness (QED) is 0.640. The first-order valence-electron chi connectivity index (χ1n) is 4.79. The zero-order valence-electron chi connectivity index (χ0n) is 7.65. The van der Waals surface area contributed by atoms with E-state index in [2.05, 4.69) is 4.90 Å². The van der Waals surface area contributed by atoms with E-state index in [1.165, 1.54) is 12.8 Å². The fourth-order valence-corrected chi connectivity index (χ4v) is 3.40. The summed E-state index contributed by atoms with van der Waals surface area (Å²) >= 11 is 0. The van der Waals surface area contributed by atoms with Crippen LogP contribution < -0.4 is 5.73 Å². The van der Waals surface area contributed by atoms with Crippen LogP contribution in [-0.4, -0.2) is 50.0 Å². The molecule has 1 unspecified atom stereocenters. The highest BCUT2D eigenvalue weighted by Gasteiger charge is 2.38. The minimum Gasteiger partial charge on any atom is -0.329 e. The molecule has 76 valence electrons. The Morgan fingerprint density at radius 2 is 2.08 bits per heavy atom. The lowest BCUT2D eigenvalue weighted by atomic mass is 10.3. The molecule has 0 aromatic heterocycles. The molecule has 1 heterocycles. The van der Waals surface area contributed by atoms with Crippen molar-refractivity contribution >= 4 is 9.84 Å². The van der Waals surface area contributed by atoms with E-state index in [1.54, 1.807) is 0 Å². The van der Waals surface area contributed by atoms with Gasteiger partial charge in [0.05, 0.1) is 11.0 Å². The third-order valence-corrected chi connectivity index (χ3v) is 5.04. The summed E-state index contributed by atoms with van der Waals surface area (Å²) in [6.45, 7) is 1.64. The second kappa shape index (κ2) is 3.22. The van der Waals surface area contributed by atoms with E-state index in [9.17, 15) is 8.42 Å². The first kappa shape index (κ1) is 9.43. The van der Waals surface area contributed by atoms with Crippen molar-refractivity contribution in [3.8, 4) is 0 Å². The van der Waals surface area contributed by atoms with Crippen molar-refractivity contribution in [3.63, 3.8) is 0 Å². The summed E-state index contributed by atoms with van der Waals surface area (Å²) in [5.74, 6) is 0.297. The van der Waals surface area contributed by atoms with Gasteiger partial charge in [-0.2, -0.15) is 0 Å². The zero-order valence-corrected chi connectivity index (χ0v) is 8.46. The second-order valence-corrected chi connectivity index (χ2v) is 6.35. The van der Waals surface area contributed by atoms with Crippen LogP contribution >= 0.6 is 0 Å². The highest BCUT2D eigenvalue weighted by Crippen LogP contribution is 2.29. The van der Waals surface area contributed by atoms with Gasteiger partial charge in [-0.05, 0) is 12.8 Å². The Bertz CT molecular complexity index is 285. The van der Waals surface area contributed by atoms with E-state index in [0.29, 0.717) is 24.9 Å². The molecule has 0 spiro atoms. The Kier molecular flexibility index (Phi) is 2.33. The third kappa shape index (κ3) is 1.87. The minimum absolute atomic E-state index is 0.269. The maximum Gasteiger partial charge on any atom is 0.156 e. The van der Waals surface area contributed by atoms with Crippen LogP contribution in [0.4, 0.5) is 0 Å². The van der Waals surface area contributed by atoms with Crippen molar-refractivity contribution < 1.29 is 8.42 Å². The van der Waals surface area contributed by atoms with Crippen LogP contribution in [0.5, 0.6) is 0 Å². The van der Waals surface area contributed by atoms with Crippen molar-refractivity contribution in [2.75, 3.05) is 25.4 Å². The summed E-state index contributed by atoms with van der Waals surface area (Å²) in [5, 5.41) is -0.318. The molecule has 2 aliphatic rings. The fourth-order valence-electron chi connectivity index (χ4n) is 1.87. The highest BCUT2D eigenvalue weighted by atomic mass is 32.2. The lowest BCUT2D eigenvalue weighted by molar-refractivity contribution is 0.265. The predicted molar refractivity (Wildman–Crippen MR) is 51.2 cm³/mol. The number of hydrogen-bond acceptors (Lipinski definition) is 4. The topological polar surface area (TPSA) is 63.4 Å². The average molecular weight is 204 g/mol. The molecular formula is C8H16N2O2S.